The Balaban J connectivity index is 0.00000420. The maximum absolute atomic E-state index is 12.1. The van der Waals surface area contributed by atoms with Crippen molar-refractivity contribution in [2.45, 2.75) is 39.1 Å². The number of guanidine groups is 1. The summed E-state index contributed by atoms with van der Waals surface area (Å²) in [5, 5.41) is 9.17. The number of nitrogens with zero attached hydrogens (tertiary/aromatic N) is 1. The lowest BCUT2D eigenvalue weighted by atomic mass is 10.1. The highest BCUT2D eigenvalue weighted by Crippen LogP contribution is 2.28. The second kappa shape index (κ2) is 12.9. The van der Waals surface area contributed by atoms with Crippen LogP contribution in [-0.2, 0) is 22.7 Å². The number of aliphatic imine (C=N–C) groups is 1. The molecule has 0 saturated heterocycles. The van der Waals surface area contributed by atoms with Crippen LogP contribution in [0, 0.1) is 5.92 Å². The van der Waals surface area contributed by atoms with Crippen LogP contribution in [0.5, 0.6) is 0 Å². The lowest BCUT2D eigenvalue weighted by Crippen LogP contribution is -2.41. The lowest BCUT2D eigenvalue weighted by Gasteiger charge is -2.12. The van der Waals surface area contributed by atoms with Crippen LogP contribution < -0.4 is 16.0 Å². The van der Waals surface area contributed by atoms with E-state index in [-0.39, 0.29) is 42.4 Å². The van der Waals surface area contributed by atoms with E-state index in [0.29, 0.717) is 37.7 Å². The molecule has 29 heavy (non-hydrogen) atoms. The van der Waals surface area contributed by atoms with Gasteiger partial charge in [-0.05, 0) is 30.9 Å². The van der Waals surface area contributed by atoms with Crippen molar-refractivity contribution in [1.82, 2.24) is 16.0 Å². The van der Waals surface area contributed by atoms with Crippen molar-refractivity contribution in [1.29, 1.82) is 0 Å². The number of nitrogens with one attached hydrogen (secondary N) is 3. The molecule has 0 atom stereocenters. The first-order chi connectivity index (χ1) is 13.4. The van der Waals surface area contributed by atoms with Crippen molar-refractivity contribution in [2.24, 2.45) is 10.9 Å². The Hall–Kier alpha value is -1.56. The third-order valence-corrected chi connectivity index (χ3v) is 3.99. The van der Waals surface area contributed by atoms with Gasteiger partial charge in [0.15, 0.2) is 5.96 Å². The van der Waals surface area contributed by atoms with Gasteiger partial charge in [-0.25, -0.2) is 4.99 Å². The minimum atomic E-state index is -4.31. The van der Waals surface area contributed by atoms with Crippen LogP contribution in [-0.4, -0.2) is 44.3 Å². The van der Waals surface area contributed by atoms with Gasteiger partial charge in [0, 0.05) is 25.6 Å². The summed E-state index contributed by atoms with van der Waals surface area (Å²) in [6.07, 6.45) is -2.35. The molecule has 0 aromatic heterocycles. The fourth-order valence-corrected chi connectivity index (χ4v) is 2.39. The molecule has 1 aliphatic carbocycles. The van der Waals surface area contributed by atoms with Crippen molar-refractivity contribution in [3.8, 4) is 0 Å². The lowest BCUT2D eigenvalue weighted by molar-refractivity contribution is -0.176. The van der Waals surface area contributed by atoms with Crippen LogP contribution in [0.4, 0.5) is 13.2 Å². The topological polar surface area (TPSA) is 74.8 Å². The van der Waals surface area contributed by atoms with E-state index in [0.717, 1.165) is 18.4 Å². The quantitative estimate of drug-likeness (QED) is 0.189. The molecule has 0 heterocycles. The molecule has 10 heteroatoms. The molecule has 1 aliphatic rings. The Labute approximate surface area is 186 Å². The Kier molecular flexibility index (Phi) is 11.3. The van der Waals surface area contributed by atoms with Gasteiger partial charge in [-0.2, -0.15) is 13.2 Å². The normalized spacial score (nSPS) is 14.1. The van der Waals surface area contributed by atoms with Crippen molar-refractivity contribution in [2.75, 3.05) is 26.2 Å². The zero-order valence-corrected chi connectivity index (χ0v) is 18.7. The average Bonchev–Trinajstić information content (AvgIpc) is 3.48. The van der Waals surface area contributed by atoms with Crippen LogP contribution in [0.25, 0.3) is 0 Å². The zero-order valence-electron chi connectivity index (χ0n) is 16.3. The molecule has 6 nitrogen and oxygen atoms in total. The van der Waals surface area contributed by atoms with Crippen LogP contribution >= 0.6 is 24.0 Å². The minimum Gasteiger partial charge on any atom is -0.367 e. The molecule has 0 bridgehead atoms. The summed E-state index contributed by atoms with van der Waals surface area (Å²) >= 11 is 0. The Morgan fingerprint density at radius 2 is 1.72 bits per heavy atom. The first-order valence-corrected chi connectivity index (χ1v) is 9.39. The smallest absolute Gasteiger partial charge is 0.367 e. The largest absolute Gasteiger partial charge is 0.411 e. The SMILES string of the molecule is CCNC(=NCc1ccc(COCC(F)(F)F)cc1)NCCNC(=O)C1CC1.I. The molecule has 0 unspecified atom stereocenters. The first-order valence-electron chi connectivity index (χ1n) is 9.39. The van der Waals surface area contributed by atoms with Gasteiger partial charge in [0.2, 0.25) is 5.91 Å². The number of hydrogen-bond acceptors (Lipinski definition) is 3. The van der Waals surface area contributed by atoms with Crippen LogP contribution in [0.1, 0.15) is 30.9 Å². The van der Waals surface area contributed by atoms with Gasteiger partial charge in [0.05, 0.1) is 13.2 Å². The van der Waals surface area contributed by atoms with E-state index >= 15 is 0 Å². The summed E-state index contributed by atoms with van der Waals surface area (Å²) in [6.45, 7) is 2.86. The van der Waals surface area contributed by atoms with Crippen molar-refractivity contribution in [3.63, 3.8) is 0 Å². The minimum absolute atomic E-state index is 0. The molecular weight excluding hydrogens is 500 g/mol. The van der Waals surface area contributed by atoms with Gasteiger partial charge >= 0.3 is 6.18 Å². The van der Waals surface area contributed by atoms with E-state index in [9.17, 15) is 18.0 Å². The summed E-state index contributed by atoms with van der Waals surface area (Å²) in [4.78, 5) is 16.1. The highest BCUT2D eigenvalue weighted by Gasteiger charge is 2.29. The predicted octanol–water partition coefficient (Wildman–Crippen LogP) is 2.96. The van der Waals surface area contributed by atoms with Crippen LogP contribution in [0.3, 0.4) is 0 Å². The molecule has 2 rings (SSSR count). The Morgan fingerprint density at radius 1 is 1.10 bits per heavy atom. The monoisotopic (exact) mass is 528 g/mol. The van der Waals surface area contributed by atoms with E-state index in [4.69, 9.17) is 0 Å². The standard InChI is InChI=1S/C19H27F3N4O2.HI/c1-2-23-18(25-10-9-24-17(27)16-7-8-16)26-11-14-3-5-15(6-4-14)12-28-13-19(20,21)22;/h3-6,16H,2,7-13H2,1H3,(H,24,27)(H2,23,25,26);1H. The van der Waals surface area contributed by atoms with Gasteiger partial charge in [0.1, 0.15) is 6.61 Å². The van der Waals surface area contributed by atoms with Gasteiger partial charge in [0.25, 0.3) is 0 Å². The van der Waals surface area contributed by atoms with Gasteiger partial charge < -0.3 is 20.7 Å². The number of alkyl halides is 3. The number of ether oxygens (including phenoxy) is 1. The molecular formula is C19H28F3IN4O2. The highest BCUT2D eigenvalue weighted by atomic mass is 127. The van der Waals surface area contributed by atoms with E-state index in [1.165, 1.54) is 0 Å². The van der Waals surface area contributed by atoms with Crippen LogP contribution in [0.2, 0.25) is 0 Å². The zero-order chi connectivity index (χ0) is 20.4. The molecule has 1 saturated carbocycles. The maximum atomic E-state index is 12.1. The van der Waals surface area contributed by atoms with E-state index in [2.05, 4.69) is 25.7 Å². The number of rotatable bonds is 10. The molecule has 1 aromatic carbocycles. The fourth-order valence-electron chi connectivity index (χ4n) is 2.39. The van der Waals surface area contributed by atoms with Gasteiger partial charge in [-0.15, -0.1) is 24.0 Å². The predicted molar refractivity (Wildman–Crippen MR) is 116 cm³/mol. The molecule has 164 valence electrons. The van der Waals surface area contributed by atoms with E-state index in [1.807, 2.05) is 19.1 Å². The van der Waals surface area contributed by atoms with Crippen molar-refractivity contribution in [3.05, 3.63) is 35.4 Å². The summed E-state index contributed by atoms with van der Waals surface area (Å²) in [6, 6.07) is 7.09. The molecule has 1 aromatic rings. The van der Waals surface area contributed by atoms with E-state index < -0.39 is 12.8 Å². The highest BCUT2D eigenvalue weighted by molar-refractivity contribution is 14.0. The number of benzene rings is 1. The third-order valence-electron chi connectivity index (χ3n) is 3.99. The number of hydrogen-bond donors (Lipinski definition) is 3. The van der Waals surface area contributed by atoms with Gasteiger partial charge in [-0.1, -0.05) is 24.3 Å². The third kappa shape index (κ3) is 11.3. The summed E-state index contributed by atoms with van der Waals surface area (Å²) in [5.74, 6) is 0.951. The fraction of sp³-hybridized carbons (Fsp3) is 0.579. The molecule has 3 N–H and O–H groups in total. The second-order valence-electron chi connectivity index (χ2n) is 6.61. The second-order valence-corrected chi connectivity index (χ2v) is 6.61. The number of amides is 1. The maximum Gasteiger partial charge on any atom is 0.411 e. The molecule has 1 fully saturated rings. The molecule has 0 aliphatic heterocycles. The summed E-state index contributed by atoms with van der Waals surface area (Å²) < 4.78 is 40.9. The van der Waals surface area contributed by atoms with Gasteiger partial charge in [-0.3, -0.25) is 4.79 Å². The van der Waals surface area contributed by atoms with Crippen molar-refractivity contribution >= 4 is 35.8 Å². The molecule has 1 amide bonds. The first kappa shape index (κ1) is 25.5. The Bertz CT molecular complexity index is 650. The summed E-state index contributed by atoms with van der Waals surface area (Å²) in [7, 11) is 0. The summed E-state index contributed by atoms with van der Waals surface area (Å²) in [5.41, 5.74) is 1.60. The Morgan fingerprint density at radius 3 is 2.31 bits per heavy atom. The number of carbonyl (C=O) groups is 1. The van der Waals surface area contributed by atoms with Crippen molar-refractivity contribution < 1.29 is 22.7 Å². The number of carbonyl (C=O) groups excluding carboxylic acids is 1. The molecule has 0 spiro atoms. The number of halogens is 4. The van der Waals surface area contributed by atoms with E-state index in [1.54, 1.807) is 12.1 Å². The average molecular weight is 528 g/mol. The molecule has 0 radical (unpaired) electrons. The van der Waals surface area contributed by atoms with Crippen LogP contribution in [0.15, 0.2) is 29.3 Å².